The molecule has 1 aliphatic heterocycles. The summed E-state index contributed by atoms with van der Waals surface area (Å²) in [5.74, 6) is -0.427. The van der Waals surface area contributed by atoms with Crippen LogP contribution >= 0.6 is 11.3 Å². The van der Waals surface area contributed by atoms with E-state index in [2.05, 4.69) is 4.99 Å². The molecule has 2 heterocycles. The number of ether oxygens (including phenoxy) is 1. The van der Waals surface area contributed by atoms with Gasteiger partial charge in [-0.25, -0.2) is 13.2 Å². The van der Waals surface area contributed by atoms with Crippen molar-refractivity contribution in [2.24, 2.45) is 4.99 Å². The predicted octanol–water partition coefficient (Wildman–Crippen LogP) is 3.24. The van der Waals surface area contributed by atoms with Gasteiger partial charge in [0.15, 0.2) is 4.80 Å². The number of aryl methyl sites for hydroxylation is 2. The summed E-state index contributed by atoms with van der Waals surface area (Å²) in [4.78, 5) is 31.3. The van der Waals surface area contributed by atoms with Crippen molar-refractivity contribution in [3.63, 3.8) is 0 Å². The van der Waals surface area contributed by atoms with Crippen molar-refractivity contribution in [2.45, 2.75) is 32.2 Å². The molecule has 0 aliphatic carbocycles. The highest BCUT2D eigenvalue weighted by atomic mass is 32.2. The van der Waals surface area contributed by atoms with Gasteiger partial charge in [-0.15, -0.1) is 0 Å². The molecule has 0 unspecified atom stereocenters. The fourth-order valence-corrected chi connectivity index (χ4v) is 6.67. The van der Waals surface area contributed by atoms with Gasteiger partial charge in [-0.3, -0.25) is 4.79 Å². The Morgan fingerprint density at radius 3 is 2.34 bits per heavy atom. The summed E-state index contributed by atoms with van der Waals surface area (Å²) in [7, 11) is -3.75. The average Bonchev–Trinajstić information content (AvgIpc) is 3.22. The number of hydrogen-bond donors (Lipinski definition) is 0. The molecule has 1 saturated heterocycles. The van der Waals surface area contributed by atoms with Crippen LogP contribution in [0, 0.1) is 6.92 Å². The van der Waals surface area contributed by atoms with Gasteiger partial charge in [0, 0.05) is 38.3 Å². The van der Waals surface area contributed by atoms with Gasteiger partial charge in [-0.1, -0.05) is 23.5 Å². The van der Waals surface area contributed by atoms with Gasteiger partial charge in [0.2, 0.25) is 10.0 Å². The molecular formula is C24H28N4O5S2. The number of rotatable bonds is 5. The van der Waals surface area contributed by atoms with Crippen molar-refractivity contribution in [3.8, 4) is 0 Å². The molecule has 0 radical (unpaired) electrons. The third-order valence-corrected chi connectivity index (χ3v) is 8.88. The minimum atomic E-state index is -3.75. The Bertz CT molecular complexity index is 1420. The van der Waals surface area contributed by atoms with Gasteiger partial charge in [0.05, 0.1) is 21.7 Å². The van der Waals surface area contributed by atoms with E-state index in [1.807, 2.05) is 36.6 Å². The minimum Gasteiger partial charge on any atom is -0.450 e. The van der Waals surface area contributed by atoms with E-state index in [0.29, 0.717) is 16.9 Å². The number of carbonyl (C=O) groups is 2. The lowest BCUT2D eigenvalue weighted by Gasteiger charge is -2.33. The Balaban J connectivity index is 1.52. The molecule has 11 heteroatoms. The third kappa shape index (κ3) is 5.02. The largest absolute Gasteiger partial charge is 0.450 e. The van der Waals surface area contributed by atoms with E-state index in [4.69, 9.17) is 4.74 Å². The topological polar surface area (TPSA) is 101 Å². The number of benzene rings is 2. The zero-order valence-electron chi connectivity index (χ0n) is 19.9. The van der Waals surface area contributed by atoms with E-state index in [0.717, 1.165) is 15.8 Å². The van der Waals surface area contributed by atoms with Crippen molar-refractivity contribution in [2.75, 3.05) is 32.8 Å². The molecule has 1 fully saturated rings. The van der Waals surface area contributed by atoms with Crippen molar-refractivity contribution >= 4 is 43.6 Å². The van der Waals surface area contributed by atoms with Gasteiger partial charge < -0.3 is 14.2 Å². The lowest BCUT2D eigenvalue weighted by molar-refractivity contribution is 0.0933. The number of amides is 2. The number of fused-ring (bicyclic) bond motifs is 1. The van der Waals surface area contributed by atoms with Crippen LogP contribution in [0.1, 0.15) is 29.8 Å². The number of aromatic nitrogens is 1. The van der Waals surface area contributed by atoms with Crippen LogP contribution in [0.4, 0.5) is 4.79 Å². The molecular weight excluding hydrogens is 488 g/mol. The molecule has 9 nitrogen and oxygen atoms in total. The summed E-state index contributed by atoms with van der Waals surface area (Å²) in [5.41, 5.74) is 2.50. The molecule has 0 saturated carbocycles. The summed E-state index contributed by atoms with van der Waals surface area (Å²) in [6.07, 6.45) is -0.436. The molecule has 0 bridgehead atoms. The van der Waals surface area contributed by atoms with E-state index in [1.54, 1.807) is 6.92 Å². The Morgan fingerprint density at radius 2 is 1.71 bits per heavy atom. The summed E-state index contributed by atoms with van der Waals surface area (Å²) >= 11 is 1.45. The van der Waals surface area contributed by atoms with E-state index >= 15 is 0 Å². The van der Waals surface area contributed by atoms with Gasteiger partial charge in [-0.2, -0.15) is 9.30 Å². The molecule has 0 atom stereocenters. The first-order valence-corrected chi connectivity index (χ1v) is 13.7. The molecule has 0 spiro atoms. The van der Waals surface area contributed by atoms with Crippen LogP contribution in [0.2, 0.25) is 0 Å². The van der Waals surface area contributed by atoms with Crippen molar-refractivity contribution in [1.82, 2.24) is 13.8 Å². The van der Waals surface area contributed by atoms with E-state index < -0.39 is 22.0 Å². The zero-order chi connectivity index (χ0) is 25.2. The van der Waals surface area contributed by atoms with Crippen molar-refractivity contribution in [3.05, 3.63) is 58.4 Å². The third-order valence-electron chi connectivity index (χ3n) is 5.92. The molecule has 0 N–H and O–H groups in total. The molecule has 4 rings (SSSR count). The molecule has 1 aromatic heterocycles. The highest BCUT2D eigenvalue weighted by Crippen LogP contribution is 2.22. The Labute approximate surface area is 208 Å². The first-order chi connectivity index (χ1) is 16.8. The Morgan fingerprint density at radius 1 is 1.03 bits per heavy atom. The predicted molar refractivity (Wildman–Crippen MR) is 134 cm³/mol. The second-order valence-corrected chi connectivity index (χ2v) is 11.0. The van der Waals surface area contributed by atoms with Crippen molar-refractivity contribution in [1.29, 1.82) is 0 Å². The SMILES string of the molecule is CCOC(=O)N1CCN(S(=O)(=O)c2ccc(C(=O)N=c3sc4cccc(C)c4n3CC)cc2)CC1. The van der Waals surface area contributed by atoms with Gasteiger partial charge >= 0.3 is 6.09 Å². The molecule has 186 valence electrons. The van der Waals surface area contributed by atoms with E-state index in [-0.39, 0.29) is 37.7 Å². The van der Waals surface area contributed by atoms with E-state index in [9.17, 15) is 18.0 Å². The Kier molecular flexibility index (Phi) is 7.39. The van der Waals surface area contributed by atoms with Gasteiger partial charge in [-0.05, 0) is 56.7 Å². The maximum atomic E-state index is 13.1. The first kappa shape index (κ1) is 25.1. The molecule has 35 heavy (non-hydrogen) atoms. The van der Waals surface area contributed by atoms with Crippen LogP contribution in [0.15, 0.2) is 52.4 Å². The quantitative estimate of drug-likeness (QED) is 0.518. The lowest BCUT2D eigenvalue weighted by Crippen LogP contribution is -2.50. The summed E-state index contributed by atoms with van der Waals surface area (Å²) in [5, 5.41) is 0. The van der Waals surface area contributed by atoms with Crippen molar-refractivity contribution < 1.29 is 22.7 Å². The average molecular weight is 517 g/mol. The summed E-state index contributed by atoms with van der Waals surface area (Å²) < 4.78 is 35.5. The lowest BCUT2D eigenvalue weighted by atomic mass is 10.2. The van der Waals surface area contributed by atoms with Crippen LogP contribution in [0.5, 0.6) is 0 Å². The summed E-state index contributed by atoms with van der Waals surface area (Å²) in [6.45, 7) is 7.60. The first-order valence-electron chi connectivity index (χ1n) is 11.5. The number of thiazole rings is 1. The molecule has 2 aromatic carbocycles. The maximum absolute atomic E-state index is 13.1. The van der Waals surface area contributed by atoms with Crippen LogP contribution < -0.4 is 4.80 Å². The fourth-order valence-electron chi connectivity index (χ4n) is 4.08. The molecule has 3 aromatic rings. The smallest absolute Gasteiger partial charge is 0.409 e. The zero-order valence-corrected chi connectivity index (χ0v) is 21.6. The standard InChI is InChI=1S/C24H28N4O5S2/c1-4-28-21-17(3)7-6-8-20(21)34-23(28)25-22(29)18-9-11-19(12-10-18)35(31,32)27-15-13-26(14-16-27)24(30)33-5-2/h6-12H,4-5,13-16H2,1-3H3. The number of hydrogen-bond acceptors (Lipinski definition) is 6. The number of carbonyl (C=O) groups excluding carboxylic acids is 2. The van der Waals surface area contributed by atoms with Crippen LogP contribution in [0.3, 0.4) is 0 Å². The number of sulfonamides is 1. The highest BCUT2D eigenvalue weighted by Gasteiger charge is 2.30. The second-order valence-electron chi connectivity index (χ2n) is 8.08. The van der Waals surface area contributed by atoms with Crippen LogP contribution in [0.25, 0.3) is 10.2 Å². The second kappa shape index (κ2) is 10.3. The molecule has 1 aliphatic rings. The fraction of sp³-hybridized carbons (Fsp3) is 0.375. The highest BCUT2D eigenvalue weighted by molar-refractivity contribution is 7.89. The van der Waals surface area contributed by atoms with Crippen LogP contribution in [-0.2, 0) is 21.3 Å². The number of nitrogens with zero attached hydrogens (tertiary/aromatic N) is 4. The number of para-hydroxylation sites is 1. The van der Waals surface area contributed by atoms with Crippen LogP contribution in [-0.4, -0.2) is 67.0 Å². The minimum absolute atomic E-state index is 0.0970. The van der Waals surface area contributed by atoms with Gasteiger partial charge in [0.25, 0.3) is 5.91 Å². The number of piperazine rings is 1. The molecule has 2 amide bonds. The maximum Gasteiger partial charge on any atom is 0.409 e. The normalized spacial score (nSPS) is 15.5. The summed E-state index contributed by atoms with van der Waals surface area (Å²) in [6, 6.07) is 11.9. The monoisotopic (exact) mass is 516 g/mol. The Hall–Kier alpha value is -3.02. The van der Waals surface area contributed by atoms with Gasteiger partial charge in [0.1, 0.15) is 0 Å². The van der Waals surface area contributed by atoms with E-state index in [1.165, 1.54) is 44.8 Å².